The van der Waals surface area contributed by atoms with Crippen molar-refractivity contribution in [3.05, 3.63) is 11.6 Å². The first kappa shape index (κ1) is 13.1. The Bertz CT molecular complexity index is 289. The molecule has 2 aliphatic carbocycles. The summed E-state index contributed by atoms with van der Waals surface area (Å²) in [6.07, 6.45) is 8.74. The average molecular weight is 222 g/mol. The monoisotopic (exact) mass is 222 g/mol. The molecule has 0 amide bonds. The summed E-state index contributed by atoms with van der Waals surface area (Å²) in [7, 11) is 0. The summed E-state index contributed by atoms with van der Waals surface area (Å²) in [6, 6.07) is 0. The highest BCUT2D eigenvalue weighted by molar-refractivity contribution is 5.90. The molecule has 0 aliphatic heterocycles. The van der Waals surface area contributed by atoms with Crippen LogP contribution in [0.1, 0.15) is 58.8 Å². The van der Waals surface area contributed by atoms with Gasteiger partial charge in [-0.2, -0.15) is 0 Å². The van der Waals surface area contributed by atoms with Gasteiger partial charge in [0.25, 0.3) is 0 Å². The van der Waals surface area contributed by atoms with Crippen LogP contribution >= 0.6 is 0 Å². The number of allylic oxidation sites excluding steroid dienone is 2. The Morgan fingerprint density at radius 2 is 1.88 bits per heavy atom. The van der Waals surface area contributed by atoms with E-state index >= 15 is 0 Å². The number of carbonyl (C=O) groups is 2. The van der Waals surface area contributed by atoms with Crippen LogP contribution in [0.3, 0.4) is 0 Å². The molecular weight excluding hydrogens is 200 g/mol. The third-order valence-electron chi connectivity index (χ3n) is 3.13. The highest BCUT2D eigenvalue weighted by Crippen LogP contribution is 2.19. The molecule has 2 aliphatic rings. The van der Waals surface area contributed by atoms with Crippen LogP contribution in [0.2, 0.25) is 0 Å². The molecule has 0 heterocycles. The van der Waals surface area contributed by atoms with Gasteiger partial charge in [-0.25, -0.2) is 0 Å². The van der Waals surface area contributed by atoms with Gasteiger partial charge in [-0.15, -0.1) is 0 Å². The van der Waals surface area contributed by atoms with Gasteiger partial charge in [-0.3, -0.25) is 9.59 Å². The van der Waals surface area contributed by atoms with Crippen molar-refractivity contribution >= 4 is 11.6 Å². The number of hydrogen-bond acceptors (Lipinski definition) is 2. The zero-order valence-electron chi connectivity index (χ0n) is 10.4. The van der Waals surface area contributed by atoms with Gasteiger partial charge in [0, 0.05) is 19.3 Å². The van der Waals surface area contributed by atoms with Crippen molar-refractivity contribution < 1.29 is 9.59 Å². The molecule has 1 atom stereocenters. The Morgan fingerprint density at radius 3 is 2.25 bits per heavy atom. The fourth-order valence-corrected chi connectivity index (χ4v) is 2.20. The molecule has 0 bridgehead atoms. The SMILES string of the molecule is CC1=CC(=O)CCC1.CC1CCCC(=O)C1. The summed E-state index contributed by atoms with van der Waals surface area (Å²) in [6.45, 7) is 4.16. The number of rotatable bonds is 0. The molecule has 2 rings (SSSR count). The van der Waals surface area contributed by atoms with Gasteiger partial charge < -0.3 is 0 Å². The van der Waals surface area contributed by atoms with Gasteiger partial charge in [-0.1, -0.05) is 12.5 Å². The van der Waals surface area contributed by atoms with E-state index in [-0.39, 0.29) is 0 Å². The minimum absolute atomic E-state index is 0.300. The van der Waals surface area contributed by atoms with Crippen LogP contribution in [0.25, 0.3) is 0 Å². The summed E-state index contributed by atoms with van der Waals surface area (Å²) in [5, 5.41) is 0. The molecule has 16 heavy (non-hydrogen) atoms. The summed E-state index contributed by atoms with van der Waals surface area (Å²) >= 11 is 0. The molecule has 90 valence electrons. The van der Waals surface area contributed by atoms with Gasteiger partial charge in [-0.05, 0) is 44.6 Å². The van der Waals surface area contributed by atoms with Crippen molar-refractivity contribution in [2.45, 2.75) is 58.8 Å². The lowest BCUT2D eigenvalue weighted by Crippen LogP contribution is -2.11. The topological polar surface area (TPSA) is 34.1 Å². The first-order valence-corrected chi connectivity index (χ1v) is 6.29. The van der Waals surface area contributed by atoms with E-state index in [2.05, 4.69) is 6.92 Å². The fraction of sp³-hybridized carbons (Fsp3) is 0.714. The zero-order valence-corrected chi connectivity index (χ0v) is 10.4. The average Bonchev–Trinajstić information content (AvgIpc) is 2.17. The molecule has 2 heteroatoms. The van der Waals surface area contributed by atoms with Crippen molar-refractivity contribution in [3.8, 4) is 0 Å². The third kappa shape index (κ3) is 5.24. The van der Waals surface area contributed by atoms with E-state index in [1.54, 1.807) is 6.08 Å². The quantitative estimate of drug-likeness (QED) is 0.629. The van der Waals surface area contributed by atoms with E-state index in [4.69, 9.17) is 0 Å². The van der Waals surface area contributed by atoms with E-state index in [1.165, 1.54) is 12.0 Å². The predicted molar refractivity (Wildman–Crippen MR) is 65.3 cm³/mol. The molecular formula is C14H22O2. The van der Waals surface area contributed by atoms with Crippen molar-refractivity contribution in [1.29, 1.82) is 0 Å². The van der Waals surface area contributed by atoms with Crippen LogP contribution in [0.15, 0.2) is 11.6 Å². The fourth-order valence-electron chi connectivity index (χ4n) is 2.20. The summed E-state index contributed by atoms with van der Waals surface area (Å²) in [5.74, 6) is 1.42. The highest BCUT2D eigenvalue weighted by Gasteiger charge is 2.14. The third-order valence-corrected chi connectivity index (χ3v) is 3.13. The van der Waals surface area contributed by atoms with Crippen LogP contribution in [-0.4, -0.2) is 11.6 Å². The minimum Gasteiger partial charge on any atom is -0.300 e. The standard InChI is InChI=1S/C7H12O.C7H10O/c2*1-6-3-2-4-7(8)5-6/h6H,2-5H2,1H3;5H,2-4H2,1H3. The van der Waals surface area contributed by atoms with E-state index in [1.807, 2.05) is 6.92 Å². The molecule has 0 radical (unpaired) electrons. The first-order chi connectivity index (χ1) is 7.58. The van der Waals surface area contributed by atoms with Gasteiger partial charge in [0.2, 0.25) is 0 Å². The molecule has 0 aromatic rings. The molecule has 1 unspecified atom stereocenters. The van der Waals surface area contributed by atoms with Crippen molar-refractivity contribution in [3.63, 3.8) is 0 Å². The maximum absolute atomic E-state index is 10.7. The van der Waals surface area contributed by atoms with E-state index < -0.39 is 0 Å². The van der Waals surface area contributed by atoms with E-state index in [9.17, 15) is 9.59 Å². The van der Waals surface area contributed by atoms with Gasteiger partial charge in [0.1, 0.15) is 5.78 Å². The molecule has 1 fully saturated rings. The van der Waals surface area contributed by atoms with Crippen molar-refractivity contribution in [2.75, 3.05) is 0 Å². The van der Waals surface area contributed by atoms with Crippen LogP contribution in [0.4, 0.5) is 0 Å². The molecule has 0 N–H and O–H groups in total. The van der Waals surface area contributed by atoms with Crippen molar-refractivity contribution in [2.24, 2.45) is 5.92 Å². The molecule has 0 aromatic heterocycles. The largest absolute Gasteiger partial charge is 0.300 e. The molecule has 0 aromatic carbocycles. The Kier molecular flexibility index (Phi) is 5.44. The zero-order chi connectivity index (χ0) is 12.0. The van der Waals surface area contributed by atoms with E-state index in [0.717, 1.165) is 38.5 Å². The highest BCUT2D eigenvalue weighted by atomic mass is 16.1. The van der Waals surface area contributed by atoms with Crippen LogP contribution in [0.5, 0.6) is 0 Å². The lowest BCUT2D eigenvalue weighted by molar-refractivity contribution is -0.121. The lowest BCUT2D eigenvalue weighted by atomic mass is 9.90. The van der Waals surface area contributed by atoms with Gasteiger partial charge in [0.05, 0.1) is 0 Å². The summed E-state index contributed by atoms with van der Waals surface area (Å²) in [5.41, 5.74) is 1.24. The van der Waals surface area contributed by atoms with E-state index in [0.29, 0.717) is 17.5 Å². The summed E-state index contributed by atoms with van der Waals surface area (Å²) in [4.78, 5) is 21.3. The normalized spacial score (nSPS) is 25.6. The second kappa shape index (κ2) is 6.62. The number of carbonyl (C=O) groups excluding carboxylic acids is 2. The van der Waals surface area contributed by atoms with Crippen LogP contribution < -0.4 is 0 Å². The first-order valence-electron chi connectivity index (χ1n) is 6.29. The Hall–Kier alpha value is -0.920. The van der Waals surface area contributed by atoms with Crippen LogP contribution in [-0.2, 0) is 9.59 Å². The number of ketones is 2. The van der Waals surface area contributed by atoms with Gasteiger partial charge in [0.15, 0.2) is 5.78 Å². The maximum atomic E-state index is 10.7. The minimum atomic E-state index is 0.300. The Morgan fingerprint density at radius 1 is 1.12 bits per heavy atom. The second-order valence-electron chi connectivity index (χ2n) is 5.05. The number of hydrogen-bond donors (Lipinski definition) is 0. The Balaban J connectivity index is 0.000000160. The smallest absolute Gasteiger partial charge is 0.155 e. The predicted octanol–water partition coefficient (Wildman–Crippen LogP) is 3.45. The van der Waals surface area contributed by atoms with Crippen LogP contribution in [0, 0.1) is 5.92 Å². The second-order valence-corrected chi connectivity index (χ2v) is 5.05. The lowest BCUT2D eigenvalue weighted by Gasteiger charge is -2.14. The summed E-state index contributed by atoms with van der Waals surface area (Å²) < 4.78 is 0. The Labute approximate surface area is 98.1 Å². The molecule has 1 saturated carbocycles. The van der Waals surface area contributed by atoms with Gasteiger partial charge >= 0.3 is 0 Å². The number of Topliss-reactive ketones (excluding diaryl/α,β-unsaturated/α-hetero) is 1. The molecule has 0 spiro atoms. The molecule has 0 saturated heterocycles. The maximum Gasteiger partial charge on any atom is 0.155 e. The molecule has 2 nitrogen and oxygen atoms in total. The van der Waals surface area contributed by atoms with Crippen molar-refractivity contribution in [1.82, 2.24) is 0 Å².